The molecule has 2 N–H and O–H groups in total. The van der Waals surface area contributed by atoms with Crippen LogP contribution in [0.25, 0.3) is 11.6 Å². The van der Waals surface area contributed by atoms with Gasteiger partial charge in [-0.25, -0.2) is 4.98 Å². The smallest absolute Gasteiger partial charge is 0.417 e. The number of pyridine rings is 1. The fourth-order valence-electron chi connectivity index (χ4n) is 2.01. The lowest BCUT2D eigenvalue weighted by atomic mass is 10.1. The topological polar surface area (TPSA) is 77.8 Å². The van der Waals surface area contributed by atoms with Crippen LogP contribution in [0.15, 0.2) is 47.0 Å². The molecule has 5 nitrogen and oxygen atoms in total. The molecule has 0 saturated carbocycles. The number of alkyl halides is 3. The van der Waals surface area contributed by atoms with E-state index in [1.54, 1.807) is 0 Å². The molecule has 0 spiro atoms. The first-order valence-corrected chi connectivity index (χ1v) is 6.63. The van der Waals surface area contributed by atoms with Gasteiger partial charge in [0.05, 0.1) is 17.7 Å². The Morgan fingerprint density at radius 1 is 1.09 bits per heavy atom. The number of hydrogen-bond acceptors (Lipinski definition) is 5. The lowest BCUT2D eigenvalue weighted by molar-refractivity contribution is -0.137. The van der Waals surface area contributed by atoms with Gasteiger partial charge in [-0.1, -0.05) is 30.3 Å². The minimum absolute atomic E-state index is 0.0119. The number of nitrogens with two attached hydrogens (primary N) is 1. The first-order chi connectivity index (χ1) is 10.9. The normalized spacial score (nSPS) is 11.6. The maximum atomic E-state index is 12.6. The number of halogens is 3. The van der Waals surface area contributed by atoms with E-state index in [0.717, 1.165) is 11.6 Å². The van der Waals surface area contributed by atoms with E-state index in [0.29, 0.717) is 18.5 Å². The summed E-state index contributed by atoms with van der Waals surface area (Å²) in [5, 5.41) is 7.66. The van der Waals surface area contributed by atoms with Crippen molar-refractivity contribution in [1.82, 2.24) is 15.2 Å². The van der Waals surface area contributed by atoms with Crippen molar-refractivity contribution in [3.05, 3.63) is 59.6 Å². The zero-order chi connectivity index (χ0) is 16.4. The minimum atomic E-state index is -4.51. The third-order valence-electron chi connectivity index (χ3n) is 3.11. The third kappa shape index (κ3) is 3.31. The van der Waals surface area contributed by atoms with Crippen LogP contribution in [-0.2, 0) is 12.6 Å². The molecule has 0 saturated heterocycles. The molecule has 2 heterocycles. The largest absolute Gasteiger partial charge is 0.419 e. The molecule has 118 valence electrons. The van der Waals surface area contributed by atoms with Crippen molar-refractivity contribution in [3.8, 4) is 11.6 Å². The summed E-state index contributed by atoms with van der Waals surface area (Å²) in [4.78, 5) is 3.69. The fourth-order valence-corrected chi connectivity index (χ4v) is 2.01. The van der Waals surface area contributed by atoms with Crippen molar-refractivity contribution in [2.75, 3.05) is 5.73 Å². The van der Waals surface area contributed by atoms with Gasteiger partial charge in [0.2, 0.25) is 5.89 Å². The second-order valence-corrected chi connectivity index (χ2v) is 4.82. The van der Waals surface area contributed by atoms with Gasteiger partial charge < -0.3 is 10.2 Å². The molecule has 2 aromatic heterocycles. The molecular formula is C15H11F3N4O. The van der Waals surface area contributed by atoms with Crippen molar-refractivity contribution in [2.45, 2.75) is 12.6 Å². The molecule has 0 aliphatic heterocycles. The number of aromatic nitrogens is 3. The van der Waals surface area contributed by atoms with Gasteiger partial charge in [-0.2, -0.15) is 13.2 Å². The molecule has 1 aromatic carbocycles. The van der Waals surface area contributed by atoms with E-state index in [9.17, 15) is 13.2 Å². The predicted molar refractivity (Wildman–Crippen MR) is 76.2 cm³/mol. The Morgan fingerprint density at radius 2 is 1.83 bits per heavy atom. The summed E-state index contributed by atoms with van der Waals surface area (Å²) in [5.74, 6) is 0.314. The Kier molecular flexibility index (Phi) is 3.73. The highest BCUT2D eigenvalue weighted by atomic mass is 19.4. The molecule has 3 rings (SSSR count). The molecule has 23 heavy (non-hydrogen) atoms. The molecule has 0 fully saturated rings. The van der Waals surface area contributed by atoms with Crippen LogP contribution < -0.4 is 5.73 Å². The van der Waals surface area contributed by atoms with Crippen LogP contribution in [0.2, 0.25) is 0 Å². The molecular weight excluding hydrogens is 309 g/mol. The van der Waals surface area contributed by atoms with Gasteiger partial charge >= 0.3 is 6.18 Å². The number of anilines is 1. The molecule has 0 radical (unpaired) electrons. The summed E-state index contributed by atoms with van der Waals surface area (Å²) in [7, 11) is 0. The van der Waals surface area contributed by atoms with E-state index in [4.69, 9.17) is 10.2 Å². The lowest BCUT2D eigenvalue weighted by Gasteiger charge is -2.07. The molecule has 0 bridgehead atoms. The molecule has 0 aliphatic rings. The van der Waals surface area contributed by atoms with Crippen LogP contribution in [0, 0.1) is 0 Å². The van der Waals surface area contributed by atoms with Gasteiger partial charge in [0.1, 0.15) is 5.69 Å². The first-order valence-electron chi connectivity index (χ1n) is 6.63. The monoisotopic (exact) mass is 320 g/mol. The minimum Gasteiger partial charge on any atom is -0.419 e. The summed E-state index contributed by atoms with van der Waals surface area (Å²) in [6.45, 7) is 0. The summed E-state index contributed by atoms with van der Waals surface area (Å²) in [6, 6.07) is 10.2. The van der Waals surface area contributed by atoms with E-state index in [1.165, 1.54) is 0 Å². The number of benzene rings is 1. The highest BCUT2D eigenvalue weighted by Crippen LogP contribution is 2.32. The predicted octanol–water partition coefficient (Wildman–Crippen LogP) is 3.32. The molecule has 3 aromatic rings. The Morgan fingerprint density at radius 3 is 2.48 bits per heavy atom. The highest BCUT2D eigenvalue weighted by Gasteiger charge is 2.32. The van der Waals surface area contributed by atoms with Crippen LogP contribution in [0.1, 0.15) is 17.0 Å². The highest BCUT2D eigenvalue weighted by molar-refractivity contribution is 5.66. The summed E-state index contributed by atoms with van der Waals surface area (Å²) in [6.07, 6.45) is -3.41. The molecule has 0 atom stereocenters. The summed E-state index contributed by atoms with van der Waals surface area (Å²) in [5.41, 5.74) is 5.52. The van der Waals surface area contributed by atoms with E-state index in [-0.39, 0.29) is 17.3 Å². The van der Waals surface area contributed by atoms with Crippen LogP contribution >= 0.6 is 0 Å². The van der Waals surface area contributed by atoms with Crippen molar-refractivity contribution >= 4 is 5.69 Å². The quantitative estimate of drug-likeness (QED) is 0.801. The Bertz CT molecular complexity index is 815. The van der Waals surface area contributed by atoms with E-state index in [2.05, 4.69) is 15.2 Å². The van der Waals surface area contributed by atoms with E-state index >= 15 is 0 Å². The van der Waals surface area contributed by atoms with Crippen molar-refractivity contribution in [1.29, 1.82) is 0 Å². The zero-order valence-corrected chi connectivity index (χ0v) is 11.7. The molecule has 0 aliphatic carbocycles. The van der Waals surface area contributed by atoms with Gasteiger partial charge in [-0.05, 0) is 11.6 Å². The van der Waals surface area contributed by atoms with E-state index < -0.39 is 11.7 Å². The number of nitrogens with zero attached hydrogens (tertiary/aromatic N) is 3. The van der Waals surface area contributed by atoms with Gasteiger partial charge in [-0.15, -0.1) is 10.2 Å². The molecule has 0 amide bonds. The fraction of sp³-hybridized carbons (Fsp3) is 0.133. The second-order valence-electron chi connectivity index (χ2n) is 4.82. The zero-order valence-electron chi connectivity index (χ0n) is 11.7. The van der Waals surface area contributed by atoms with E-state index in [1.807, 2.05) is 30.3 Å². The SMILES string of the molecule is Nc1cc(C(F)(F)F)cnc1-c1nnc(Cc2ccccc2)o1. The number of rotatable bonds is 3. The van der Waals surface area contributed by atoms with Crippen LogP contribution in [-0.4, -0.2) is 15.2 Å². The third-order valence-corrected chi connectivity index (χ3v) is 3.11. The van der Waals surface area contributed by atoms with Crippen LogP contribution in [0.4, 0.5) is 18.9 Å². The second kappa shape index (κ2) is 5.71. The average molecular weight is 320 g/mol. The number of hydrogen-bond donors (Lipinski definition) is 1. The summed E-state index contributed by atoms with van der Waals surface area (Å²) < 4.78 is 43.2. The molecule has 0 unspecified atom stereocenters. The maximum absolute atomic E-state index is 12.6. The average Bonchev–Trinajstić information content (AvgIpc) is 2.95. The Hall–Kier alpha value is -2.90. The van der Waals surface area contributed by atoms with Gasteiger partial charge in [0.25, 0.3) is 5.89 Å². The van der Waals surface area contributed by atoms with Crippen molar-refractivity contribution in [2.24, 2.45) is 0 Å². The van der Waals surface area contributed by atoms with Gasteiger partial charge in [0.15, 0.2) is 0 Å². The van der Waals surface area contributed by atoms with Crippen molar-refractivity contribution in [3.63, 3.8) is 0 Å². The number of nitrogen functional groups attached to an aromatic ring is 1. The van der Waals surface area contributed by atoms with Crippen LogP contribution in [0.5, 0.6) is 0 Å². The standard InChI is InChI=1S/C15H11F3N4O/c16-15(17,18)10-7-11(19)13(20-8-10)14-22-21-12(23-14)6-9-4-2-1-3-5-9/h1-5,7-8H,6,19H2. The van der Waals surface area contributed by atoms with Gasteiger partial charge in [0, 0.05) is 6.20 Å². The first kappa shape index (κ1) is 15.0. The van der Waals surface area contributed by atoms with Gasteiger partial charge in [-0.3, -0.25) is 0 Å². The lowest BCUT2D eigenvalue weighted by Crippen LogP contribution is -2.07. The van der Waals surface area contributed by atoms with Crippen molar-refractivity contribution < 1.29 is 17.6 Å². The Balaban J connectivity index is 1.86. The summed E-state index contributed by atoms with van der Waals surface area (Å²) >= 11 is 0. The maximum Gasteiger partial charge on any atom is 0.417 e. The van der Waals surface area contributed by atoms with Crippen LogP contribution in [0.3, 0.4) is 0 Å². The molecule has 8 heteroatoms. The Labute approximate surface area is 129 Å².